The van der Waals surface area contributed by atoms with Crippen LogP contribution in [0.1, 0.15) is 30.7 Å². The van der Waals surface area contributed by atoms with Gasteiger partial charge in [-0.15, -0.1) is 11.3 Å². The van der Waals surface area contributed by atoms with Crippen molar-refractivity contribution < 1.29 is 0 Å². The largest absolute Gasteiger partial charge is 0.314 e. The fourth-order valence-electron chi connectivity index (χ4n) is 2.29. The lowest BCUT2D eigenvalue weighted by Crippen LogP contribution is -2.45. The molecule has 4 heteroatoms. The minimum absolute atomic E-state index is 0.612. The Kier molecular flexibility index (Phi) is 4.82. The van der Waals surface area contributed by atoms with Crippen molar-refractivity contribution in [3.05, 3.63) is 20.8 Å². The fourth-order valence-corrected chi connectivity index (χ4v) is 4.10. The summed E-state index contributed by atoms with van der Waals surface area (Å²) in [7, 11) is 0. The summed E-state index contributed by atoms with van der Waals surface area (Å²) in [5, 5.41) is 5.61. The Morgan fingerprint density at radius 2 is 2.25 bits per heavy atom. The average Bonchev–Trinajstić information content (AvgIpc) is 2.73. The maximum atomic E-state index is 3.67. The zero-order valence-electron chi connectivity index (χ0n) is 9.71. The van der Waals surface area contributed by atoms with Crippen molar-refractivity contribution in [3.63, 3.8) is 0 Å². The first kappa shape index (κ1) is 12.6. The third-order valence-electron chi connectivity index (χ3n) is 3.10. The Morgan fingerprint density at radius 3 is 2.81 bits per heavy atom. The summed E-state index contributed by atoms with van der Waals surface area (Å²) in [6, 6.07) is 2.78. The Hall–Kier alpha value is 0.1000. The van der Waals surface area contributed by atoms with Gasteiger partial charge in [0, 0.05) is 41.6 Å². The molecule has 1 saturated heterocycles. The summed E-state index contributed by atoms with van der Waals surface area (Å²) >= 11 is 5.55. The number of hydrogen-bond donors (Lipinski definition) is 1. The number of halogens is 1. The topological polar surface area (TPSA) is 15.3 Å². The molecular weight excluding hydrogens is 284 g/mol. The number of rotatable bonds is 4. The standard InChI is InChI=1S/C12H19BrN2S/c1-2-3-11(12-10(13)4-9-16-12)15-7-5-14-6-8-15/h4,9,11,14H,2-3,5-8H2,1H3/t11-/m0/s1. The van der Waals surface area contributed by atoms with Crippen LogP contribution in [0, 0.1) is 0 Å². The van der Waals surface area contributed by atoms with Gasteiger partial charge in [-0.25, -0.2) is 0 Å². The molecule has 2 nitrogen and oxygen atoms in total. The monoisotopic (exact) mass is 302 g/mol. The van der Waals surface area contributed by atoms with E-state index in [4.69, 9.17) is 0 Å². The SMILES string of the molecule is CCC[C@@H](c1sccc1Br)N1CCNCC1. The van der Waals surface area contributed by atoms with Gasteiger partial charge < -0.3 is 5.32 Å². The van der Waals surface area contributed by atoms with E-state index in [1.165, 1.54) is 35.3 Å². The van der Waals surface area contributed by atoms with Gasteiger partial charge in [0.05, 0.1) is 0 Å². The van der Waals surface area contributed by atoms with Gasteiger partial charge in [-0.2, -0.15) is 0 Å². The first-order chi connectivity index (χ1) is 7.83. The lowest BCUT2D eigenvalue weighted by molar-refractivity contribution is 0.166. The highest BCUT2D eigenvalue weighted by atomic mass is 79.9. The molecule has 1 aromatic heterocycles. The second-order valence-electron chi connectivity index (χ2n) is 4.22. The number of nitrogens with zero attached hydrogens (tertiary/aromatic N) is 1. The molecule has 2 heterocycles. The highest BCUT2D eigenvalue weighted by Gasteiger charge is 2.23. The third kappa shape index (κ3) is 2.86. The molecule has 1 aliphatic rings. The first-order valence-electron chi connectivity index (χ1n) is 6.00. The van der Waals surface area contributed by atoms with E-state index in [9.17, 15) is 0 Å². The van der Waals surface area contributed by atoms with E-state index >= 15 is 0 Å². The molecule has 16 heavy (non-hydrogen) atoms. The number of thiophene rings is 1. The molecule has 0 bridgehead atoms. The Balaban J connectivity index is 2.12. The summed E-state index contributed by atoms with van der Waals surface area (Å²) in [5.74, 6) is 0. The van der Waals surface area contributed by atoms with E-state index < -0.39 is 0 Å². The van der Waals surface area contributed by atoms with Gasteiger partial charge in [-0.3, -0.25) is 4.90 Å². The second kappa shape index (κ2) is 6.15. The van der Waals surface area contributed by atoms with Crippen LogP contribution in [0.3, 0.4) is 0 Å². The van der Waals surface area contributed by atoms with Gasteiger partial charge in [-0.05, 0) is 33.8 Å². The van der Waals surface area contributed by atoms with Crippen LogP contribution in [-0.2, 0) is 0 Å². The van der Waals surface area contributed by atoms with Gasteiger partial charge in [-0.1, -0.05) is 13.3 Å². The minimum atomic E-state index is 0.612. The molecule has 1 fully saturated rings. The van der Waals surface area contributed by atoms with Crippen molar-refractivity contribution in [2.45, 2.75) is 25.8 Å². The molecule has 90 valence electrons. The lowest BCUT2D eigenvalue weighted by atomic mass is 10.1. The summed E-state index contributed by atoms with van der Waals surface area (Å²) in [6.07, 6.45) is 2.51. The van der Waals surface area contributed by atoms with E-state index in [1.54, 1.807) is 0 Å². The number of nitrogens with one attached hydrogen (secondary N) is 1. The van der Waals surface area contributed by atoms with Crippen LogP contribution in [0.25, 0.3) is 0 Å². The minimum Gasteiger partial charge on any atom is -0.314 e. The molecule has 0 saturated carbocycles. The molecule has 1 atom stereocenters. The number of hydrogen-bond acceptors (Lipinski definition) is 3. The Bertz CT molecular complexity index is 321. The molecule has 1 aromatic rings. The fraction of sp³-hybridized carbons (Fsp3) is 0.667. The Labute approximate surface area is 110 Å². The van der Waals surface area contributed by atoms with Gasteiger partial charge in [0.25, 0.3) is 0 Å². The number of piperazine rings is 1. The maximum absolute atomic E-state index is 3.67. The highest BCUT2D eigenvalue weighted by molar-refractivity contribution is 9.10. The maximum Gasteiger partial charge on any atom is 0.0453 e. The van der Waals surface area contributed by atoms with Crippen molar-refractivity contribution >= 4 is 27.3 Å². The van der Waals surface area contributed by atoms with E-state index in [-0.39, 0.29) is 0 Å². The van der Waals surface area contributed by atoms with Gasteiger partial charge in [0.15, 0.2) is 0 Å². The first-order valence-corrected chi connectivity index (χ1v) is 7.68. The predicted octanol–water partition coefficient (Wildman–Crippen LogP) is 3.26. The van der Waals surface area contributed by atoms with E-state index in [2.05, 4.69) is 44.5 Å². The van der Waals surface area contributed by atoms with Crippen LogP contribution in [-0.4, -0.2) is 31.1 Å². The molecule has 2 rings (SSSR count). The zero-order chi connectivity index (χ0) is 11.4. The van der Waals surface area contributed by atoms with Crippen LogP contribution in [0.4, 0.5) is 0 Å². The van der Waals surface area contributed by atoms with Crippen LogP contribution in [0.5, 0.6) is 0 Å². The normalized spacial score (nSPS) is 19.9. The summed E-state index contributed by atoms with van der Waals surface area (Å²) in [5.41, 5.74) is 0. The van der Waals surface area contributed by atoms with Gasteiger partial charge in [0.2, 0.25) is 0 Å². The Morgan fingerprint density at radius 1 is 1.50 bits per heavy atom. The van der Waals surface area contributed by atoms with E-state index in [0.29, 0.717) is 6.04 Å². The molecule has 1 N–H and O–H groups in total. The van der Waals surface area contributed by atoms with Crippen LogP contribution >= 0.6 is 27.3 Å². The highest BCUT2D eigenvalue weighted by Crippen LogP contribution is 2.35. The van der Waals surface area contributed by atoms with Crippen LogP contribution in [0.2, 0.25) is 0 Å². The molecule has 0 aromatic carbocycles. The molecule has 1 aliphatic heterocycles. The van der Waals surface area contributed by atoms with Crippen molar-refractivity contribution in [3.8, 4) is 0 Å². The third-order valence-corrected chi connectivity index (χ3v) is 5.07. The molecule has 0 amide bonds. The zero-order valence-corrected chi connectivity index (χ0v) is 12.1. The van der Waals surface area contributed by atoms with Crippen molar-refractivity contribution in [1.82, 2.24) is 10.2 Å². The van der Waals surface area contributed by atoms with Crippen molar-refractivity contribution in [2.24, 2.45) is 0 Å². The second-order valence-corrected chi connectivity index (χ2v) is 6.03. The van der Waals surface area contributed by atoms with E-state index in [1.807, 2.05) is 11.3 Å². The smallest absolute Gasteiger partial charge is 0.0453 e. The summed E-state index contributed by atoms with van der Waals surface area (Å²) < 4.78 is 1.29. The lowest BCUT2D eigenvalue weighted by Gasteiger charge is -2.34. The molecule has 0 aliphatic carbocycles. The van der Waals surface area contributed by atoms with Gasteiger partial charge in [0.1, 0.15) is 0 Å². The molecule has 0 unspecified atom stereocenters. The van der Waals surface area contributed by atoms with Crippen molar-refractivity contribution in [1.29, 1.82) is 0 Å². The predicted molar refractivity (Wildman–Crippen MR) is 74.1 cm³/mol. The molecule has 0 spiro atoms. The summed E-state index contributed by atoms with van der Waals surface area (Å²) in [6.45, 7) is 6.88. The molecule has 0 radical (unpaired) electrons. The van der Waals surface area contributed by atoms with Crippen molar-refractivity contribution in [2.75, 3.05) is 26.2 Å². The van der Waals surface area contributed by atoms with Gasteiger partial charge >= 0.3 is 0 Å². The average molecular weight is 303 g/mol. The van der Waals surface area contributed by atoms with Crippen LogP contribution < -0.4 is 5.32 Å². The quantitative estimate of drug-likeness (QED) is 0.918. The van der Waals surface area contributed by atoms with Crippen LogP contribution in [0.15, 0.2) is 15.9 Å². The molecular formula is C12H19BrN2S. The summed E-state index contributed by atoms with van der Waals surface area (Å²) in [4.78, 5) is 4.13. The van der Waals surface area contributed by atoms with E-state index in [0.717, 1.165) is 13.1 Å².